The summed E-state index contributed by atoms with van der Waals surface area (Å²) in [4.78, 5) is 16.1. The summed E-state index contributed by atoms with van der Waals surface area (Å²) in [6.45, 7) is 5.59. The minimum atomic E-state index is -0.321. The molecule has 2 heterocycles. The van der Waals surface area contributed by atoms with Crippen LogP contribution in [0.1, 0.15) is 38.6 Å². The van der Waals surface area contributed by atoms with Crippen molar-refractivity contribution in [2.45, 2.75) is 34.1 Å². The van der Waals surface area contributed by atoms with E-state index in [0.717, 1.165) is 16.3 Å². The molecule has 0 aliphatic carbocycles. The van der Waals surface area contributed by atoms with Gasteiger partial charge in [0, 0.05) is 23.3 Å². The number of aryl methyl sites for hydroxylation is 1. The molecule has 6 heteroatoms. The van der Waals surface area contributed by atoms with Crippen LogP contribution in [0, 0.1) is 17.0 Å². The zero-order chi connectivity index (χ0) is 14.0. The first-order chi connectivity index (χ1) is 9.04. The van der Waals surface area contributed by atoms with Crippen LogP contribution in [-0.4, -0.2) is 14.3 Å². The first-order valence-electron chi connectivity index (χ1n) is 5.95. The lowest BCUT2D eigenvalue weighted by Gasteiger charge is -2.07. The Kier molecular flexibility index (Phi) is 5.21. The van der Waals surface area contributed by atoms with E-state index in [-0.39, 0.29) is 24.0 Å². The molecule has 0 N–H and O–H groups in total. The zero-order valence-electron chi connectivity index (χ0n) is 11.0. The van der Waals surface area contributed by atoms with Crippen molar-refractivity contribution in [3.05, 3.63) is 57.0 Å². The molecule has 2 aromatic rings. The number of fused-ring (bicyclic) bond motifs is 1. The fourth-order valence-corrected chi connectivity index (χ4v) is 2.95. The molecule has 1 atom stereocenters. The van der Waals surface area contributed by atoms with Crippen molar-refractivity contribution >= 4 is 16.3 Å². The second kappa shape index (κ2) is 6.47. The van der Waals surface area contributed by atoms with Gasteiger partial charge in [-0.2, -0.15) is 0 Å². The minimum absolute atomic E-state index is 0. The van der Waals surface area contributed by atoms with Gasteiger partial charge in [-0.05, 0) is 20.8 Å². The summed E-state index contributed by atoms with van der Waals surface area (Å²) in [6.07, 6.45) is 6.93. The molecule has 108 valence electrons. The fraction of sp³-hybridized carbons (Fsp3) is 0.357. The third-order valence-electron chi connectivity index (χ3n) is 2.91. The second-order valence-corrected chi connectivity index (χ2v) is 5.13. The van der Waals surface area contributed by atoms with Crippen LogP contribution in [0.15, 0.2) is 35.5 Å². The number of rotatable bonds is 4. The van der Waals surface area contributed by atoms with Crippen LogP contribution in [-0.2, 0) is 0 Å². The van der Waals surface area contributed by atoms with Gasteiger partial charge in [0.05, 0.1) is 16.5 Å². The first-order valence-corrected chi connectivity index (χ1v) is 6.83. The van der Waals surface area contributed by atoms with Gasteiger partial charge in [-0.25, -0.2) is 4.98 Å². The van der Waals surface area contributed by atoms with Gasteiger partial charge in [-0.3, -0.25) is 14.5 Å². The second-order valence-electron chi connectivity index (χ2n) is 4.29. The number of hydrogen-bond donors (Lipinski definition) is 0. The fourth-order valence-electron chi connectivity index (χ4n) is 1.93. The summed E-state index contributed by atoms with van der Waals surface area (Å²) < 4.78 is 1.93. The predicted octanol–water partition coefficient (Wildman–Crippen LogP) is 4.18. The molecule has 2 aromatic heterocycles. The summed E-state index contributed by atoms with van der Waals surface area (Å²) in [7, 11) is 0. The number of allylic oxidation sites excluding steroid dienone is 4. The predicted molar refractivity (Wildman–Crippen MR) is 82.8 cm³/mol. The van der Waals surface area contributed by atoms with E-state index in [1.165, 1.54) is 11.3 Å². The maximum Gasteiger partial charge on any atom is 0.254 e. The number of thiazole rings is 1. The molecule has 0 saturated carbocycles. The van der Waals surface area contributed by atoms with Gasteiger partial charge >= 0.3 is 0 Å². The van der Waals surface area contributed by atoms with E-state index in [0.29, 0.717) is 0 Å². The van der Waals surface area contributed by atoms with Gasteiger partial charge in [-0.1, -0.05) is 19.6 Å². The third-order valence-corrected chi connectivity index (χ3v) is 3.77. The van der Waals surface area contributed by atoms with E-state index in [4.69, 9.17) is 0 Å². The van der Waals surface area contributed by atoms with Gasteiger partial charge in [0.1, 0.15) is 0 Å². The molecule has 0 aromatic carbocycles. The van der Waals surface area contributed by atoms with E-state index in [2.05, 4.69) is 4.98 Å². The maximum atomic E-state index is 11.2. The Balaban J connectivity index is 0.00000200. The molecule has 0 spiro atoms. The Morgan fingerprint density at radius 3 is 2.90 bits per heavy atom. The molecular formula is C14H19N3O2S. The summed E-state index contributed by atoms with van der Waals surface area (Å²) >= 11 is 1.50. The molecule has 0 aliphatic heterocycles. The van der Waals surface area contributed by atoms with Gasteiger partial charge < -0.3 is 0 Å². The van der Waals surface area contributed by atoms with Crippen LogP contribution in [0.2, 0.25) is 0 Å². The molecule has 20 heavy (non-hydrogen) atoms. The lowest BCUT2D eigenvalue weighted by Crippen LogP contribution is -2.09. The molecule has 0 saturated heterocycles. The number of nitrogens with zero attached hydrogens (tertiary/aromatic N) is 3. The normalized spacial score (nSPS) is 13.7. The Bertz CT molecular complexity index is 667. The molecule has 2 rings (SSSR count). The quantitative estimate of drug-likeness (QED) is 0.482. The van der Waals surface area contributed by atoms with E-state index in [9.17, 15) is 10.1 Å². The van der Waals surface area contributed by atoms with Crippen molar-refractivity contribution in [2.75, 3.05) is 0 Å². The van der Waals surface area contributed by atoms with Crippen molar-refractivity contribution in [2.24, 2.45) is 0 Å². The lowest BCUT2D eigenvalue weighted by atomic mass is 10.0. The van der Waals surface area contributed by atoms with Crippen molar-refractivity contribution < 1.29 is 4.92 Å². The highest BCUT2D eigenvalue weighted by molar-refractivity contribution is 7.15. The summed E-state index contributed by atoms with van der Waals surface area (Å²) in [5, 5.41) is 13.1. The van der Waals surface area contributed by atoms with Gasteiger partial charge in [0.15, 0.2) is 4.96 Å². The summed E-state index contributed by atoms with van der Waals surface area (Å²) in [5.74, 6) is -0.284. The Hall–Kier alpha value is -1.95. The maximum absolute atomic E-state index is 11.2. The Labute approximate surface area is 122 Å². The highest BCUT2D eigenvalue weighted by Gasteiger charge is 2.24. The minimum Gasteiger partial charge on any atom is -0.294 e. The summed E-state index contributed by atoms with van der Waals surface area (Å²) in [5.41, 5.74) is 2.00. The number of imidazole rings is 1. The molecule has 0 bridgehead atoms. The SMILES string of the molecule is C.C/C=C\C=C(/C(C)c1csc2nc(C)cn12)[N+](=O)[O-]. The van der Waals surface area contributed by atoms with Crippen molar-refractivity contribution in [3.8, 4) is 0 Å². The van der Waals surface area contributed by atoms with Crippen molar-refractivity contribution in [1.29, 1.82) is 0 Å². The standard InChI is InChI=1S/C13H15N3O2S.CH4/c1-4-5-6-11(16(17)18)10(3)12-8-19-13-14-9(2)7-15(12)13;/h4-8,10H,1-3H3;1H4/b5-4-,11-6+;. The van der Waals surface area contributed by atoms with Crippen LogP contribution >= 0.6 is 11.3 Å². The van der Waals surface area contributed by atoms with Crippen LogP contribution in [0.4, 0.5) is 0 Å². The highest BCUT2D eigenvalue weighted by Crippen LogP contribution is 2.28. The van der Waals surface area contributed by atoms with Crippen molar-refractivity contribution in [3.63, 3.8) is 0 Å². The first kappa shape index (κ1) is 16.1. The zero-order valence-corrected chi connectivity index (χ0v) is 11.8. The van der Waals surface area contributed by atoms with Gasteiger partial charge in [0.25, 0.3) is 5.70 Å². The Morgan fingerprint density at radius 1 is 1.60 bits per heavy atom. The van der Waals surface area contributed by atoms with Crippen LogP contribution in [0.5, 0.6) is 0 Å². The highest BCUT2D eigenvalue weighted by atomic mass is 32.1. The number of aromatic nitrogens is 2. The lowest BCUT2D eigenvalue weighted by molar-refractivity contribution is -0.429. The van der Waals surface area contributed by atoms with E-state index < -0.39 is 0 Å². The summed E-state index contributed by atoms with van der Waals surface area (Å²) in [6, 6.07) is 0. The molecule has 0 fully saturated rings. The van der Waals surface area contributed by atoms with Crippen molar-refractivity contribution in [1.82, 2.24) is 9.38 Å². The molecular weight excluding hydrogens is 274 g/mol. The average molecular weight is 293 g/mol. The molecule has 5 nitrogen and oxygen atoms in total. The number of nitro groups is 1. The van der Waals surface area contributed by atoms with Gasteiger partial charge in [0.2, 0.25) is 0 Å². The molecule has 0 aliphatic rings. The largest absolute Gasteiger partial charge is 0.294 e. The van der Waals surface area contributed by atoms with E-state index >= 15 is 0 Å². The monoisotopic (exact) mass is 293 g/mol. The molecule has 1 unspecified atom stereocenters. The Morgan fingerprint density at radius 2 is 2.30 bits per heavy atom. The van der Waals surface area contributed by atoms with E-state index in [1.807, 2.05) is 36.7 Å². The molecule has 0 amide bonds. The average Bonchev–Trinajstić information content (AvgIpc) is 2.87. The number of hydrogen-bond acceptors (Lipinski definition) is 4. The van der Waals surface area contributed by atoms with E-state index in [1.54, 1.807) is 18.2 Å². The van der Waals surface area contributed by atoms with Crippen LogP contribution < -0.4 is 0 Å². The topological polar surface area (TPSA) is 60.4 Å². The van der Waals surface area contributed by atoms with Gasteiger partial charge in [-0.15, -0.1) is 11.3 Å². The van der Waals surface area contributed by atoms with Crippen LogP contribution in [0.25, 0.3) is 4.96 Å². The van der Waals surface area contributed by atoms with Crippen LogP contribution in [0.3, 0.4) is 0 Å². The third kappa shape index (κ3) is 2.96. The smallest absolute Gasteiger partial charge is 0.254 e. The molecule has 0 radical (unpaired) electrons.